The first kappa shape index (κ1) is 31.9. The Morgan fingerprint density at radius 2 is 0.732 bits per heavy atom. The highest BCUT2D eigenvalue weighted by atomic mass is 15.2. The van der Waals surface area contributed by atoms with Crippen molar-refractivity contribution in [2.45, 2.75) is 0 Å². The van der Waals surface area contributed by atoms with Gasteiger partial charge in [-0.2, -0.15) is 9.97 Å². The van der Waals surface area contributed by atoms with Crippen molar-refractivity contribution in [1.82, 2.24) is 24.1 Å². The molecule has 0 N–H and O–H groups in total. The van der Waals surface area contributed by atoms with Gasteiger partial charge in [-0.1, -0.05) is 152 Å². The Morgan fingerprint density at radius 3 is 1.30 bits per heavy atom. The van der Waals surface area contributed by atoms with Gasteiger partial charge in [0.1, 0.15) is 0 Å². The molecule has 0 unspecified atom stereocenters. The molecule has 0 aliphatic rings. The highest BCUT2D eigenvalue weighted by Gasteiger charge is 2.22. The summed E-state index contributed by atoms with van der Waals surface area (Å²) in [5.74, 6) is 1.77. The number of hydrogen-bond donors (Lipinski definition) is 0. The van der Waals surface area contributed by atoms with Crippen LogP contribution in [-0.2, 0) is 0 Å². The average molecular weight is 716 g/mol. The van der Waals surface area contributed by atoms with Gasteiger partial charge in [0.2, 0.25) is 5.95 Å². The molecule has 8 aromatic carbocycles. The van der Waals surface area contributed by atoms with Crippen LogP contribution in [0.1, 0.15) is 0 Å². The Morgan fingerprint density at radius 1 is 0.286 bits per heavy atom. The second-order valence-corrected chi connectivity index (χ2v) is 14.1. The second kappa shape index (κ2) is 13.0. The van der Waals surface area contributed by atoms with Crippen LogP contribution in [0, 0.1) is 0 Å². The number of hydrogen-bond acceptors (Lipinski definition) is 3. The maximum absolute atomic E-state index is 5.39. The number of benzene rings is 8. The van der Waals surface area contributed by atoms with E-state index < -0.39 is 0 Å². The lowest BCUT2D eigenvalue weighted by atomic mass is 10.0. The first-order valence-electron chi connectivity index (χ1n) is 18.9. The zero-order valence-corrected chi connectivity index (χ0v) is 30.3. The standard InChI is InChI=1S/C51H33N5/c1-4-16-34(17-5-1)37-28-30-47-42(32-37)43-33-38(35-18-6-2-7-19-35)29-31-48(43)56(47)51-53-49(36-20-8-3-9-21-36)52-50(54-51)41-24-12-15-27-46(41)55-44-25-13-10-22-39(44)40-23-11-14-26-45(40)55/h1-33H. The minimum atomic E-state index is 0.561. The SMILES string of the molecule is c1ccc(-c2ccc3c(c2)c2cc(-c4ccccc4)ccc2n3-c2nc(-c3ccccc3)nc(-c3ccccc3-n3c4ccccc4c4ccccc43)n2)cc1. The Kier molecular flexibility index (Phi) is 7.42. The molecule has 0 amide bonds. The molecule has 0 saturated heterocycles. The second-order valence-electron chi connectivity index (χ2n) is 14.1. The highest BCUT2D eigenvalue weighted by molar-refractivity contribution is 6.12. The van der Waals surface area contributed by atoms with Crippen molar-refractivity contribution in [3.63, 3.8) is 0 Å². The molecule has 0 spiro atoms. The Bertz CT molecular complexity index is 3090. The summed E-state index contributed by atoms with van der Waals surface area (Å²) in [6.07, 6.45) is 0. The fraction of sp³-hybridized carbons (Fsp3) is 0. The monoisotopic (exact) mass is 715 g/mol. The topological polar surface area (TPSA) is 48.5 Å². The maximum Gasteiger partial charge on any atom is 0.238 e. The summed E-state index contributed by atoms with van der Waals surface area (Å²) in [6.45, 7) is 0. The molecule has 5 nitrogen and oxygen atoms in total. The molecule has 0 radical (unpaired) electrons. The molecule has 0 saturated carbocycles. The van der Waals surface area contributed by atoms with Gasteiger partial charge in [-0.3, -0.25) is 4.57 Å². The molecule has 0 bridgehead atoms. The van der Waals surface area contributed by atoms with Crippen LogP contribution in [0.5, 0.6) is 0 Å². The minimum absolute atomic E-state index is 0.561. The molecule has 0 fully saturated rings. The number of fused-ring (bicyclic) bond motifs is 6. The van der Waals surface area contributed by atoms with Gasteiger partial charge in [0.25, 0.3) is 0 Å². The van der Waals surface area contributed by atoms with E-state index in [1.807, 2.05) is 18.2 Å². The third-order valence-corrected chi connectivity index (χ3v) is 10.8. The summed E-state index contributed by atoms with van der Waals surface area (Å²) in [6, 6.07) is 70.3. The number of nitrogens with zero attached hydrogens (tertiary/aromatic N) is 5. The lowest BCUT2D eigenvalue weighted by Crippen LogP contribution is -2.07. The molecular weight excluding hydrogens is 683 g/mol. The van der Waals surface area contributed by atoms with E-state index in [4.69, 9.17) is 15.0 Å². The highest BCUT2D eigenvalue weighted by Crippen LogP contribution is 2.39. The summed E-state index contributed by atoms with van der Waals surface area (Å²) in [5.41, 5.74) is 11.8. The molecule has 0 atom stereocenters. The van der Waals surface area contributed by atoms with Crippen molar-refractivity contribution in [1.29, 1.82) is 0 Å². The lowest BCUT2D eigenvalue weighted by molar-refractivity contribution is 0.952. The van der Waals surface area contributed by atoms with E-state index in [0.717, 1.165) is 60.8 Å². The van der Waals surface area contributed by atoms with Crippen molar-refractivity contribution in [3.8, 4) is 56.7 Å². The summed E-state index contributed by atoms with van der Waals surface area (Å²) in [5, 5.41) is 4.67. The van der Waals surface area contributed by atoms with Gasteiger partial charge in [-0.25, -0.2) is 4.98 Å². The van der Waals surface area contributed by atoms with E-state index in [9.17, 15) is 0 Å². The average Bonchev–Trinajstić information content (AvgIpc) is 3.79. The molecule has 3 aromatic heterocycles. The summed E-state index contributed by atoms with van der Waals surface area (Å²) in [4.78, 5) is 15.9. The molecule has 11 rings (SSSR count). The predicted molar refractivity (Wildman–Crippen MR) is 230 cm³/mol. The van der Waals surface area contributed by atoms with E-state index in [-0.39, 0.29) is 0 Å². The van der Waals surface area contributed by atoms with Gasteiger partial charge < -0.3 is 4.57 Å². The molecular formula is C51H33N5. The van der Waals surface area contributed by atoms with Crippen LogP contribution in [0.3, 0.4) is 0 Å². The van der Waals surface area contributed by atoms with Crippen LogP contribution in [0.25, 0.3) is 100 Å². The first-order chi connectivity index (χ1) is 27.8. The van der Waals surface area contributed by atoms with E-state index >= 15 is 0 Å². The molecule has 5 heteroatoms. The Labute approximate surface area is 323 Å². The van der Waals surface area contributed by atoms with Crippen molar-refractivity contribution in [2.24, 2.45) is 0 Å². The fourth-order valence-corrected chi connectivity index (χ4v) is 8.20. The van der Waals surface area contributed by atoms with Crippen LogP contribution < -0.4 is 0 Å². The molecule has 0 aliphatic carbocycles. The molecule has 56 heavy (non-hydrogen) atoms. The smallest absolute Gasteiger partial charge is 0.238 e. The van der Waals surface area contributed by atoms with E-state index in [1.165, 1.54) is 21.9 Å². The van der Waals surface area contributed by atoms with Crippen molar-refractivity contribution >= 4 is 43.6 Å². The predicted octanol–water partition coefficient (Wildman–Crippen LogP) is 12.7. The third-order valence-electron chi connectivity index (χ3n) is 10.8. The van der Waals surface area contributed by atoms with Crippen LogP contribution in [-0.4, -0.2) is 24.1 Å². The van der Waals surface area contributed by atoms with Gasteiger partial charge in [0.05, 0.1) is 27.8 Å². The quantitative estimate of drug-likeness (QED) is 0.172. The normalized spacial score (nSPS) is 11.6. The number of aromatic nitrogens is 5. The summed E-state index contributed by atoms with van der Waals surface area (Å²) in [7, 11) is 0. The first-order valence-corrected chi connectivity index (χ1v) is 18.9. The summed E-state index contributed by atoms with van der Waals surface area (Å²) < 4.78 is 4.54. The van der Waals surface area contributed by atoms with Gasteiger partial charge in [-0.15, -0.1) is 0 Å². The molecule has 0 aliphatic heterocycles. The van der Waals surface area contributed by atoms with Gasteiger partial charge in [-0.05, 0) is 70.8 Å². The van der Waals surface area contributed by atoms with E-state index in [2.05, 4.69) is 191 Å². The lowest BCUT2D eigenvalue weighted by Gasteiger charge is -2.15. The van der Waals surface area contributed by atoms with Crippen LogP contribution in [0.4, 0.5) is 0 Å². The van der Waals surface area contributed by atoms with E-state index in [1.54, 1.807) is 0 Å². The Hall–Kier alpha value is -7.63. The largest absolute Gasteiger partial charge is 0.309 e. The zero-order chi connectivity index (χ0) is 37.0. The van der Waals surface area contributed by atoms with E-state index in [0.29, 0.717) is 17.6 Å². The maximum atomic E-state index is 5.39. The van der Waals surface area contributed by atoms with Crippen molar-refractivity contribution in [3.05, 3.63) is 200 Å². The number of rotatable bonds is 6. The van der Waals surface area contributed by atoms with Gasteiger partial charge in [0, 0.05) is 32.7 Å². The van der Waals surface area contributed by atoms with Crippen LogP contribution in [0.15, 0.2) is 200 Å². The minimum Gasteiger partial charge on any atom is -0.309 e. The van der Waals surface area contributed by atoms with Crippen LogP contribution in [0.2, 0.25) is 0 Å². The molecule has 3 heterocycles. The summed E-state index contributed by atoms with van der Waals surface area (Å²) >= 11 is 0. The van der Waals surface area contributed by atoms with Crippen molar-refractivity contribution in [2.75, 3.05) is 0 Å². The zero-order valence-electron chi connectivity index (χ0n) is 30.3. The number of para-hydroxylation sites is 3. The van der Waals surface area contributed by atoms with Crippen LogP contribution >= 0.6 is 0 Å². The third kappa shape index (κ3) is 5.21. The van der Waals surface area contributed by atoms with Crippen molar-refractivity contribution < 1.29 is 0 Å². The van der Waals surface area contributed by atoms with Gasteiger partial charge in [0.15, 0.2) is 11.6 Å². The Balaban J connectivity index is 1.19. The molecule has 262 valence electrons. The fourth-order valence-electron chi connectivity index (χ4n) is 8.20. The molecule has 11 aromatic rings. The van der Waals surface area contributed by atoms with Gasteiger partial charge >= 0.3 is 0 Å².